The van der Waals surface area contributed by atoms with Crippen LogP contribution in [0.4, 0.5) is 4.79 Å². The van der Waals surface area contributed by atoms with E-state index in [1.54, 1.807) is 14.2 Å². The van der Waals surface area contributed by atoms with Crippen LogP contribution in [0.1, 0.15) is 97.6 Å². The van der Waals surface area contributed by atoms with Crippen LogP contribution in [-0.2, 0) is 76.5 Å². The third kappa shape index (κ3) is 29.6. The predicted octanol–water partition coefficient (Wildman–Crippen LogP) is 11.1. The summed E-state index contributed by atoms with van der Waals surface area (Å²) in [6, 6.07) is 30.5. The number of hydrogen-bond donors (Lipinski definition) is 1. The third-order valence-corrected chi connectivity index (χ3v) is 13.9. The van der Waals surface area contributed by atoms with E-state index in [0.717, 1.165) is 72.3 Å². The van der Waals surface area contributed by atoms with E-state index in [0.29, 0.717) is 165 Å². The first-order valence-electron chi connectivity index (χ1n) is 31.4. The maximum absolute atomic E-state index is 12.0. The van der Waals surface area contributed by atoms with E-state index in [9.17, 15) is 9.59 Å². The Morgan fingerprint density at radius 2 is 0.727 bits per heavy atom. The van der Waals surface area contributed by atoms with Crippen molar-refractivity contribution in [2.75, 3.05) is 179 Å². The lowest BCUT2D eigenvalue weighted by Crippen LogP contribution is -2.33. The molecule has 492 valence electrons. The zero-order valence-corrected chi connectivity index (χ0v) is 54.1. The van der Waals surface area contributed by atoms with Crippen LogP contribution in [0.2, 0.25) is 0 Å². The quantitative estimate of drug-likeness (QED) is 0.0324. The average molecular weight is 1230 g/mol. The van der Waals surface area contributed by atoms with Gasteiger partial charge in [0.05, 0.1) is 145 Å². The number of rotatable bonds is 50. The fraction of sp³-hybridized carbons (Fsp3) is 0.623. The van der Waals surface area contributed by atoms with Gasteiger partial charge in [-0.3, -0.25) is 4.79 Å². The van der Waals surface area contributed by atoms with Crippen molar-refractivity contribution < 1.29 is 85.4 Å². The van der Waals surface area contributed by atoms with Gasteiger partial charge in [0.25, 0.3) is 0 Å². The summed E-state index contributed by atoms with van der Waals surface area (Å²) in [4.78, 5) is 23.7. The molecular weight excluding hydrogens is 1130 g/mol. The van der Waals surface area contributed by atoms with Gasteiger partial charge in [-0.15, -0.1) is 0 Å². The number of amides is 1. The first kappa shape index (κ1) is 73.5. The number of esters is 1. The van der Waals surface area contributed by atoms with Crippen LogP contribution < -0.4 is 14.8 Å². The number of alkyl carbamates (subject to hydrolysis) is 1. The van der Waals surface area contributed by atoms with Gasteiger partial charge in [-0.05, 0) is 161 Å². The van der Waals surface area contributed by atoms with Crippen molar-refractivity contribution in [1.82, 2.24) is 5.32 Å². The maximum atomic E-state index is 12.0. The second kappa shape index (κ2) is 42.7. The van der Waals surface area contributed by atoms with E-state index >= 15 is 0 Å². The zero-order chi connectivity index (χ0) is 63.0. The molecule has 0 saturated heterocycles. The molecule has 0 bridgehead atoms. The van der Waals surface area contributed by atoms with Gasteiger partial charge < -0.3 is 81.1 Å². The highest BCUT2D eigenvalue weighted by molar-refractivity contribution is 5.86. The van der Waals surface area contributed by atoms with E-state index in [4.69, 9.17) is 75.8 Å². The molecule has 1 N–H and O–H groups in total. The first-order chi connectivity index (χ1) is 42.7. The summed E-state index contributed by atoms with van der Waals surface area (Å²) in [6.45, 7) is 23.2. The molecule has 5 rings (SSSR count). The summed E-state index contributed by atoms with van der Waals surface area (Å²) in [7, 11) is 3.40. The van der Waals surface area contributed by atoms with Gasteiger partial charge in [-0.25, -0.2) is 4.79 Å². The summed E-state index contributed by atoms with van der Waals surface area (Å²) >= 11 is 0. The number of unbranched alkanes of at least 4 members (excludes halogenated alkanes) is 1. The molecule has 1 aliphatic carbocycles. The molecule has 0 unspecified atom stereocenters. The normalized spacial score (nSPS) is 12.7. The topological polar surface area (TPSA) is 194 Å². The molecule has 1 amide bonds. The molecule has 0 saturated carbocycles. The van der Waals surface area contributed by atoms with Gasteiger partial charge in [0.15, 0.2) is 0 Å². The van der Waals surface area contributed by atoms with Crippen LogP contribution in [0, 0.1) is 0 Å². The van der Waals surface area contributed by atoms with Crippen molar-refractivity contribution in [3.63, 3.8) is 0 Å². The van der Waals surface area contributed by atoms with Crippen LogP contribution in [-0.4, -0.2) is 203 Å². The number of carbonyl (C=O) groups excluding carboxylic acids is 2. The number of benzene rings is 4. The number of methoxy groups -OCH3 is 2. The van der Waals surface area contributed by atoms with Crippen LogP contribution in [0.5, 0.6) is 11.5 Å². The molecule has 0 atom stereocenters. The molecule has 19 heteroatoms. The van der Waals surface area contributed by atoms with Crippen LogP contribution in [0.25, 0.3) is 33.4 Å². The smallest absolute Gasteiger partial charge is 0.407 e. The summed E-state index contributed by atoms with van der Waals surface area (Å²) in [5, 5.41) is 2.81. The zero-order valence-electron chi connectivity index (χ0n) is 54.1. The number of fused-ring (bicyclic) bond motifs is 3. The standard InChI is InChI=1S/C69H103NO18/c1-67(2,3)87-65(71)25-32-77-37-38-78-39-40-79-41-42-80-43-44-81-45-46-82-47-48-83-49-50-84-51-52-86-60-21-15-56(16-22-60)58-18-24-62-61-23-17-57(55-13-19-59(20-14-55)85-31-10-9-28-70-66(72)88-68(4,5)6)53-63(61)69(64(62)54-58,26-11-29-75-35-33-73-7)27-12-30-76-36-34-74-8/h13-24,53-54H,9-12,25-52H2,1-8H3,(H,70,72). The number of hydrogen-bond acceptors (Lipinski definition) is 18. The summed E-state index contributed by atoms with van der Waals surface area (Å²) in [6.07, 6.45) is 4.94. The van der Waals surface area contributed by atoms with Gasteiger partial charge in [-0.1, -0.05) is 48.5 Å². The number of ether oxygens (including phenoxy) is 16. The predicted molar refractivity (Wildman–Crippen MR) is 339 cm³/mol. The summed E-state index contributed by atoms with van der Waals surface area (Å²) < 4.78 is 90.1. The second-order valence-electron chi connectivity index (χ2n) is 23.1. The lowest BCUT2D eigenvalue weighted by atomic mass is 9.70. The highest BCUT2D eigenvalue weighted by Gasteiger charge is 2.43. The van der Waals surface area contributed by atoms with Crippen molar-refractivity contribution >= 4 is 12.1 Å². The molecule has 1 aliphatic rings. The molecule has 4 aromatic carbocycles. The fourth-order valence-electron chi connectivity index (χ4n) is 9.78. The minimum absolute atomic E-state index is 0.221. The molecule has 0 aromatic heterocycles. The molecule has 0 fully saturated rings. The van der Waals surface area contributed by atoms with Gasteiger partial charge in [-0.2, -0.15) is 0 Å². The Morgan fingerprint density at radius 3 is 1.12 bits per heavy atom. The van der Waals surface area contributed by atoms with Gasteiger partial charge in [0, 0.05) is 39.4 Å². The van der Waals surface area contributed by atoms with Crippen molar-refractivity contribution in [2.24, 2.45) is 0 Å². The fourth-order valence-corrected chi connectivity index (χ4v) is 9.78. The third-order valence-electron chi connectivity index (χ3n) is 13.9. The van der Waals surface area contributed by atoms with Crippen LogP contribution in [0.3, 0.4) is 0 Å². The van der Waals surface area contributed by atoms with Gasteiger partial charge >= 0.3 is 12.1 Å². The molecule has 0 heterocycles. The number of carbonyl (C=O) groups is 2. The van der Waals surface area contributed by atoms with Crippen LogP contribution >= 0.6 is 0 Å². The lowest BCUT2D eigenvalue weighted by Gasteiger charge is -2.33. The molecule has 0 aliphatic heterocycles. The largest absolute Gasteiger partial charge is 0.494 e. The van der Waals surface area contributed by atoms with E-state index in [2.05, 4.69) is 66.0 Å². The highest BCUT2D eigenvalue weighted by atomic mass is 16.6. The Morgan fingerprint density at radius 1 is 0.375 bits per heavy atom. The summed E-state index contributed by atoms with van der Waals surface area (Å²) in [5.74, 6) is 1.31. The minimum Gasteiger partial charge on any atom is -0.494 e. The SMILES string of the molecule is COCCOCCCC1(CCCOCCOC)c2cc(-c3ccc(OCCCCNC(=O)OC(C)(C)C)cc3)ccc2-c2ccc(-c3ccc(OCCOCCOCCOCCOCCOCCOCCOCCOCCC(=O)OC(C)(C)C)cc3)cc21. The van der Waals surface area contributed by atoms with E-state index in [-0.39, 0.29) is 17.8 Å². The molecule has 88 heavy (non-hydrogen) atoms. The summed E-state index contributed by atoms with van der Waals surface area (Å²) in [5.41, 5.74) is 8.34. The average Bonchev–Trinajstić information content (AvgIpc) is 1.89. The van der Waals surface area contributed by atoms with Crippen molar-refractivity contribution in [2.45, 2.75) is 103 Å². The Bertz CT molecular complexity index is 2480. The Kier molecular flexibility index (Phi) is 35.6. The number of nitrogens with one attached hydrogen (secondary N) is 1. The molecule has 4 aromatic rings. The lowest BCUT2D eigenvalue weighted by molar-refractivity contribution is -0.156. The Labute approximate surface area is 524 Å². The molecule has 0 radical (unpaired) electrons. The molecular formula is C69H103NO18. The molecule has 19 nitrogen and oxygen atoms in total. The van der Waals surface area contributed by atoms with Gasteiger partial charge in [0.2, 0.25) is 0 Å². The highest BCUT2D eigenvalue weighted by Crippen LogP contribution is 2.55. The Hall–Kier alpha value is -5.26. The first-order valence-corrected chi connectivity index (χ1v) is 31.4. The maximum Gasteiger partial charge on any atom is 0.407 e. The second-order valence-corrected chi connectivity index (χ2v) is 23.1. The van der Waals surface area contributed by atoms with Crippen molar-refractivity contribution in [3.8, 4) is 44.9 Å². The Balaban J connectivity index is 1.01. The van der Waals surface area contributed by atoms with E-state index < -0.39 is 17.3 Å². The van der Waals surface area contributed by atoms with E-state index in [1.807, 2.05) is 65.8 Å². The monoisotopic (exact) mass is 1230 g/mol. The molecule has 0 spiro atoms. The van der Waals surface area contributed by atoms with Gasteiger partial charge in [0.1, 0.15) is 29.3 Å². The van der Waals surface area contributed by atoms with Crippen LogP contribution in [0.15, 0.2) is 84.9 Å². The minimum atomic E-state index is -0.525. The van der Waals surface area contributed by atoms with Crippen molar-refractivity contribution in [3.05, 3.63) is 96.1 Å². The van der Waals surface area contributed by atoms with Crippen molar-refractivity contribution in [1.29, 1.82) is 0 Å². The van der Waals surface area contributed by atoms with E-state index in [1.165, 1.54) is 22.3 Å².